The Balaban J connectivity index is 1.20. The quantitative estimate of drug-likeness (QED) is 0.234. The maximum Gasteiger partial charge on any atom is -0.0411 e. The van der Waals surface area contributed by atoms with E-state index >= 15 is 0 Å². The topological polar surface area (TPSA) is 0 Å². The van der Waals surface area contributed by atoms with Crippen molar-refractivity contribution in [2.45, 2.75) is 168 Å². The van der Waals surface area contributed by atoms with Gasteiger partial charge in [-0.15, -0.1) is 0 Å². The summed E-state index contributed by atoms with van der Waals surface area (Å²) in [7, 11) is 0. The van der Waals surface area contributed by atoms with Gasteiger partial charge in [0.1, 0.15) is 0 Å². The largest absolute Gasteiger partial charge is 0.0654 e. The van der Waals surface area contributed by atoms with Crippen LogP contribution in [0.1, 0.15) is 168 Å². The number of hydrogen-bond acceptors (Lipinski definition) is 0. The number of rotatable bonds is 14. The van der Waals surface area contributed by atoms with Gasteiger partial charge in [-0.1, -0.05) is 155 Å². The number of hydrogen-bond donors (Lipinski definition) is 0. The van der Waals surface area contributed by atoms with Gasteiger partial charge >= 0.3 is 0 Å². The molecule has 0 heterocycles. The van der Waals surface area contributed by atoms with Crippen LogP contribution in [-0.2, 0) is 0 Å². The molecule has 0 spiro atoms. The van der Waals surface area contributed by atoms with E-state index in [2.05, 4.69) is 13.8 Å². The molecule has 3 aliphatic rings. The maximum absolute atomic E-state index is 2.33. The molecule has 3 fully saturated rings. The van der Waals surface area contributed by atoms with Crippen molar-refractivity contribution in [3.63, 3.8) is 0 Å². The van der Waals surface area contributed by atoms with Crippen LogP contribution in [-0.4, -0.2) is 0 Å². The molecule has 0 N–H and O–H groups in total. The third-order valence-electron chi connectivity index (χ3n) is 10.2. The molecule has 0 aliphatic heterocycles. The van der Waals surface area contributed by atoms with E-state index in [0.717, 1.165) is 35.5 Å². The summed E-state index contributed by atoms with van der Waals surface area (Å²) in [6, 6.07) is 0. The minimum Gasteiger partial charge on any atom is -0.0654 e. The predicted octanol–water partition coefficient (Wildman–Crippen LogP) is 11.1. The second-order valence-electron chi connectivity index (χ2n) is 12.8. The monoisotopic (exact) mass is 444 g/mol. The highest BCUT2D eigenvalue weighted by Gasteiger charge is 2.29. The summed E-state index contributed by atoms with van der Waals surface area (Å²) in [5.74, 6) is 6.55. The van der Waals surface area contributed by atoms with Crippen LogP contribution in [0.4, 0.5) is 0 Å². The van der Waals surface area contributed by atoms with E-state index < -0.39 is 0 Å². The molecule has 0 aromatic rings. The van der Waals surface area contributed by atoms with Crippen molar-refractivity contribution in [3.05, 3.63) is 0 Å². The van der Waals surface area contributed by atoms with Crippen molar-refractivity contribution in [1.29, 1.82) is 0 Å². The Morgan fingerprint density at radius 2 is 0.625 bits per heavy atom. The summed E-state index contributed by atoms with van der Waals surface area (Å²) < 4.78 is 0. The van der Waals surface area contributed by atoms with E-state index in [9.17, 15) is 0 Å². The fourth-order valence-electron chi connectivity index (χ4n) is 7.88. The molecular formula is C32H60. The Bertz CT molecular complexity index is 387. The van der Waals surface area contributed by atoms with E-state index in [1.807, 2.05) is 0 Å². The Morgan fingerprint density at radius 1 is 0.344 bits per heavy atom. The Labute approximate surface area is 203 Å². The first kappa shape index (κ1) is 26.6. The lowest BCUT2D eigenvalue weighted by Gasteiger charge is -2.36. The van der Waals surface area contributed by atoms with Crippen LogP contribution >= 0.6 is 0 Å². The van der Waals surface area contributed by atoms with Crippen LogP contribution in [0.5, 0.6) is 0 Å². The second-order valence-corrected chi connectivity index (χ2v) is 12.8. The second kappa shape index (κ2) is 15.8. The predicted molar refractivity (Wildman–Crippen MR) is 143 cm³/mol. The van der Waals surface area contributed by atoms with E-state index in [0.29, 0.717) is 0 Å². The van der Waals surface area contributed by atoms with Crippen LogP contribution in [0.25, 0.3) is 0 Å². The maximum atomic E-state index is 2.33. The lowest BCUT2D eigenvalue weighted by Crippen LogP contribution is -2.23. The normalized spacial score (nSPS) is 33.9. The molecule has 0 nitrogen and oxygen atoms in total. The molecule has 3 saturated carbocycles. The zero-order chi connectivity index (χ0) is 22.4. The van der Waals surface area contributed by atoms with Crippen molar-refractivity contribution in [1.82, 2.24) is 0 Å². The van der Waals surface area contributed by atoms with Crippen molar-refractivity contribution >= 4 is 0 Å². The van der Waals surface area contributed by atoms with Crippen molar-refractivity contribution in [2.75, 3.05) is 0 Å². The lowest BCUT2D eigenvalue weighted by molar-refractivity contribution is 0.161. The third-order valence-corrected chi connectivity index (χ3v) is 10.2. The molecule has 0 aromatic heterocycles. The first-order valence-electron chi connectivity index (χ1n) is 15.8. The first-order chi connectivity index (χ1) is 15.8. The van der Waals surface area contributed by atoms with Gasteiger partial charge in [-0.2, -0.15) is 0 Å². The summed E-state index contributed by atoms with van der Waals surface area (Å²) in [6.07, 6.45) is 36.8. The highest BCUT2D eigenvalue weighted by atomic mass is 14.3. The van der Waals surface area contributed by atoms with Gasteiger partial charge in [-0.25, -0.2) is 0 Å². The Morgan fingerprint density at radius 3 is 0.906 bits per heavy atom. The molecule has 0 aromatic carbocycles. The molecule has 0 radical (unpaired) electrons. The Kier molecular flexibility index (Phi) is 13.1. The molecule has 0 bridgehead atoms. The van der Waals surface area contributed by atoms with Gasteiger partial charge in [0.15, 0.2) is 0 Å². The van der Waals surface area contributed by atoms with Crippen molar-refractivity contribution < 1.29 is 0 Å². The standard InChI is InChI=1S/C32H60/c1-3-5-7-9-11-27-13-17-29(18-14-27)25-31-21-23-32(24-22-31)26-30-19-15-28(16-20-30)12-10-8-6-4-2/h27-32H,3-26H2,1-2H3/t27-,28-,29-,30-,31-,32-. The van der Waals surface area contributed by atoms with E-state index in [4.69, 9.17) is 0 Å². The van der Waals surface area contributed by atoms with Crippen LogP contribution in [0, 0.1) is 35.5 Å². The van der Waals surface area contributed by atoms with Crippen LogP contribution in [0.2, 0.25) is 0 Å². The zero-order valence-corrected chi connectivity index (χ0v) is 22.4. The van der Waals surface area contributed by atoms with Gasteiger partial charge in [-0.3, -0.25) is 0 Å². The number of unbranched alkanes of at least 4 members (excludes halogenated alkanes) is 6. The van der Waals surface area contributed by atoms with Gasteiger partial charge in [0.05, 0.1) is 0 Å². The fourth-order valence-corrected chi connectivity index (χ4v) is 7.88. The van der Waals surface area contributed by atoms with Crippen LogP contribution in [0.3, 0.4) is 0 Å². The molecule has 3 rings (SSSR count). The van der Waals surface area contributed by atoms with Gasteiger partial charge < -0.3 is 0 Å². The van der Waals surface area contributed by atoms with E-state index in [1.165, 1.54) is 51.4 Å². The zero-order valence-electron chi connectivity index (χ0n) is 22.4. The highest BCUT2D eigenvalue weighted by Crippen LogP contribution is 2.42. The van der Waals surface area contributed by atoms with Gasteiger partial charge in [-0.05, 0) is 48.3 Å². The van der Waals surface area contributed by atoms with Crippen molar-refractivity contribution in [2.24, 2.45) is 35.5 Å². The molecule has 0 unspecified atom stereocenters. The summed E-state index contributed by atoms with van der Waals surface area (Å²) >= 11 is 0. The van der Waals surface area contributed by atoms with Crippen molar-refractivity contribution in [3.8, 4) is 0 Å². The summed E-state index contributed by atoms with van der Waals surface area (Å²) in [4.78, 5) is 0. The van der Waals surface area contributed by atoms with E-state index in [1.54, 1.807) is 103 Å². The third kappa shape index (κ3) is 10.1. The highest BCUT2D eigenvalue weighted by molar-refractivity contribution is 4.81. The molecule has 0 atom stereocenters. The molecular weight excluding hydrogens is 384 g/mol. The SMILES string of the molecule is CCCCCC[C@H]1CC[C@H](C[C@H]2CC[C@H](C[C@H]3CC[C@H](CCCCCC)CC3)CC2)CC1. The molecule has 0 heteroatoms. The lowest BCUT2D eigenvalue weighted by atomic mass is 9.70. The minimum atomic E-state index is 1.09. The smallest absolute Gasteiger partial charge is 0.0411 e. The molecule has 0 saturated heterocycles. The van der Waals surface area contributed by atoms with Crippen LogP contribution in [0.15, 0.2) is 0 Å². The summed E-state index contributed by atoms with van der Waals surface area (Å²) in [6.45, 7) is 4.67. The first-order valence-corrected chi connectivity index (χ1v) is 15.8. The van der Waals surface area contributed by atoms with Crippen LogP contribution < -0.4 is 0 Å². The molecule has 32 heavy (non-hydrogen) atoms. The summed E-state index contributed by atoms with van der Waals surface area (Å²) in [5, 5.41) is 0. The average Bonchev–Trinajstić information content (AvgIpc) is 2.83. The van der Waals surface area contributed by atoms with Gasteiger partial charge in [0.2, 0.25) is 0 Å². The summed E-state index contributed by atoms with van der Waals surface area (Å²) in [5.41, 5.74) is 0. The molecule has 3 aliphatic carbocycles. The van der Waals surface area contributed by atoms with Gasteiger partial charge in [0.25, 0.3) is 0 Å². The molecule has 188 valence electrons. The van der Waals surface area contributed by atoms with Gasteiger partial charge in [0, 0.05) is 0 Å². The fraction of sp³-hybridized carbons (Fsp3) is 1.00. The minimum absolute atomic E-state index is 1.09. The average molecular weight is 445 g/mol. The Hall–Kier alpha value is 0. The molecule has 0 amide bonds. The van der Waals surface area contributed by atoms with E-state index in [-0.39, 0.29) is 0 Å².